The van der Waals surface area contributed by atoms with Crippen LogP contribution in [0.2, 0.25) is 0 Å². The van der Waals surface area contributed by atoms with Crippen LogP contribution in [0.15, 0.2) is 30.6 Å². The number of H-pyrrole nitrogens is 1. The van der Waals surface area contributed by atoms with Crippen LogP contribution in [0.5, 0.6) is 0 Å². The van der Waals surface area contributed by atoms with Gasteiger partial charge in [-0.25, -0.2) is 14.6 Å². The van der Waals surface area contributed by atoms with E-state index in [1.807, 2.05) is 0 Å². The Morgan fingerprint density at radius 1 is 1.43 bits per heavy atom. The van der Waals surface area contributed by atoms with Gasteiger partial charge in [0.05, 0.1) is 12.1 Å². The van der Waals surface area contributed by atoms with Crippen molar-refractivity contribution in [1.82, 2.24) is 14.9 Å². The van der Waals surface area contributed by atoms with E-state index < -0.39 is 5.97 Å². The summed E-state index contributed by atoms with van der Waals surface area (Å²) < 4.78 is 0. The lowest BCUT2D eigenvalue weighted by Crippen LogP contribution is -2.31. The summed E-state index contributed by atoms with van der Waals surface area (Å²) in [6.07, 6.45) is 3.29. The van der Waals surface area contributed by atoms with E-state index >= 15 is 0 Å². The van der Waals surface area contributed by atoms with Crippen LogP contribution in [-0.4, -0.2) is 39.0 Å². The van der Waals surface area contributed by atoms with Crippen molar-refractivity contribution in [3.8, 4) is 0 Å². The summed E-state index contributed by atoms with van der Waals surface area (Å²) in [6.45, 7) is 2.13. The van der Waals surface area contributed by atoms with Gasteiger partial charge in [0.25, 0.3) is 0 Å². The SMILES string of the molecule is Cc1ccc(C(=O)O)cc1NC(=O)N(C)Cc1ncc[nH]1. The molecule has 110 valence electrons. The van der Waals surface area contributed by atoms with Crippen LogP contribution in [0.4, 0.5) is 10.5 Å². The average Bonchev–Trinajstić information content (AvgIpc) is 2.93. The van der Waals surface area contributed by atoms with Gasteiger partial charge in [-0.3, -0.25) is 0 Å². The highest BCUT2D eigenvalue weighted by Crippen LogP contribution is 2.17. The predicted molar refractivity (Wildman–Crippen MR) is 77.2 cm³/mol. The molecule has 0 atom stereocenters. The summed E-state index contributed by atoms with van der Waals surface area (Å²) in [7, 11) is 1.63. The second kappa shape index (κ2) is 6.08. The second-order valence-electron chi connectivity index (χ2n) is 4.66. The van der Waals surface area contributed by atoms with Crippen molar-refractivity contribution in [3.05, 3.63) is 47.5 Å². The number of aryl methyl sites for hydroxylation is 1. The number of urea groups is 1. The number of aromatic nitrogens is 2. The van der Waals surface area contributed by atoms with Gasteiger partial charge in [0, 0.05) is 25.1 Å². The summed E-state index contributed by atoms with van der Waals surface area (Å²) in [5, 5.41) is 11.7. The van der Waals surface area contributed by atoms with Crippen LogP contribution in [-0.2, 0) is 6.54 Å². The number of nitrogens with zero attached hydrogens (tertiary/aromatic N) is 2. The summed E-state index contributed by atoms with van der Waals surface area (Å²) in [5.74, 6) is -0.363. The van der Waals surface area contributed by atoms with Crippen molar-refractivity contribution in [2.24, 2.45) is 0 Å². The van der Waals surface area contributed by atoms with Gasteiger partial charge in [-0.1, -0.05) is 6.07 Å². The molecule has 21 heavy (non-hydrogen) atoms. The fourth-order valence-corrected chi connectivity index (χ4v) is 1.78. The van der Waals surface area contributed by atoms with Gasteiger partial charge in [0.15, 0.2) is 0 Å². The fraction of sp³-hybridized carbons (Fsp3) is 0.214. The molecule has 0 saturated heterocycles. The molecular formula is C14H16N4O3. The number of nitrogens with one attached hydrogen (secondary N) is 2. The molecule has 0 aliphatic heterocycles. The highest BCUT2D eigenvalue weighted by Gasteiger charge is 2.13. The van der Waals surface area contributed by atoms with Crippen LogP contribution in [0.3, 0.4) is 0 Å². The first kappa shape index (κ1) is 14.6. The van der Waals surface area contributed by atoms with Crippen molar-refractivity contribution >= 4 is 17.7 Å². The lowest BCUT2D eigenvalue weighted by molar-refractivity contribution is 0.0697. The summed E-state index contributed by atoms with van der Waals surface area (Å²) in [5.41, 5.74) is 1.40. The average molecular weight is 288 g/mol. The number of aromatic amines is 1. The summed E-state index contributed by atoms with van der Waals surface area (Å²) >= 11 is 0. The number of carbonyl (C=O) groups is 2. The zero-order valence-electron chi connectivity index (χ0n) is 11.8. The first-order valence-electron chi connectivity index (χ1n) is 6.31. The summed E-state index contributed by atoms with van der Waals surface area (Å²) in [6, 6.07) is 4.26. The zero-order chi connectivity index (χ0) is 15.4. The van der Waals surface area contributed by atoms with Crippen molar-refractivity contribution < 1.29 is 14.7 Å². The summed E-state index contributed by atoms with van der Waals surface area (Å²) in [4.78, 5) is 31.5. The van der Waals surface area contributed by atoms with Crippen molar-refractivity contribution in [3.63, 3.8) is 0 Å². The van der Waals surface area contributed by atoms with Crippen LogP contribution in [0, 0.1) is 6.92 Å². The Kier molecular flexibility index (Phi) is 4.22. The topological polar surface area (TPSA) is 98.3 Å². The standard InChI is InChI=1S/C14H16N4O3/c1-9-3-4-10(13(19)20)7-11(9)17-14(21)18(2)8-12-15-5-6-16-12/h3-7H,8H2,1-2H3,(H,15,16)(H,17,21)(H,19,20). The molecular weight excluding hydrogens is 272 g/mol. The van der Waals surface area contributed by atoms with Crippen molar-refractivity contribution in [2.75, 3.05) is 12.4 Å². The van der Waals surface area contributed by atoms with Gasteiger partial charge in [-0.15, -0.1) is 0 Å². The third-order valence-electron chi connectivity index (χ3n) is 3.01. The molecule has 7 nitrogen and oxygen atoms in total. The minimum Gasteiger partial charge on any atom is -0.478 e. The first-order chi connectivity index (χ1) is 9.97. The zero-order valence-corrected chi connectivity index (χ0v) is 11.8. The minimum absolute atomic E-state index is 0.129. The maximum absolute atomic E-state index is 12.1. The number of amides is 2. The molecule has 2 aromatic rings. The quantitative estimate of drug-likeness (QED) is 0.802. The fourth-order valence-electron chi connectivity index (χ4n) is 1.78. The number of anilines is 1. The predicted octanol–water partition coefficient (Wildman–Crippen LogP) is 2.08. The van der Waals surface area contributed by atoms with Crippen molar-refractivity contribution in [2.45, 2.75) is 13.5 Å². The lowest BCUT2D eigenvalue weighted by Gasteiger charge is -2.18. The molecule has 0 fully saturated rings. The van der Waals surface area contributed by atoms with Crippen LogP contribution >= 0.6 is 0 Å². The van der Waals surface area contributed by atoms with Gasteiger partial charge in [-0.05, 0) is 24.6 Å². The Balaban J connectivity index is 2.08. The van der Waals surface area contributed by atoms with Crippen LogP contribution in [0.1, 0.15) is 21.7 Å². The number of carboxylic acid groups (broad SMARTS) is 1. The van der Waals surface area contributed by atoms with E-state index in [0.717, 1.165) is 5.56 Å². The Morgan fingerprint density at radius 2 is 2.19 bits per heavy atom. The van der Waals surface area contributed by atoms with E-state index in [-0.39, 0.29) is 11.6 Å². The Hall–Kier alpha value is -2.83. The molecule has 2 amide bonds. The Bertz CT molecular complexity index is 652. The number of benzene rings is 1. The van der Waals surface area contributed by atoms with E-state index in [1.165, 1.54) is 17.0 Å². The van der Waals surface area contributed by atoms with Crippen LogP contribution < -0.4 is 5.32 Å². The molecule has 3 N–H and O–H groups in total. The smallest absolute Gasteiger partial charge is 0.335 e. The number of imidazole rings is 1. The molecule has 0 saturated carbocycles. The molecule has 0 aliphatic carbocycles. The minimum atomic E-state index is -1.03. The molecule has 1 heterocycles. The van der Waals surface area contributed by atoms with Gasteiger partial charge in [0.1, 0.15) is 5.82 Å². The number of rotatable bonds is 4. The van der Waals surface area contributed by atoms with E-state index in [1.54, 1.807) is 32.4 Å². The Morgan fingerprint density at radius 3 is 2.81 bits per heavy atom. The molecule has 0 radical (unpaired) electrons. The molecule has 7 heteroatoms. The number of aromatic carboxylic acids is 1. The third-order valence-corrected chi connectivity index (χ3v) is 3.01. The number of carboxylic acids is 1. The van der Waals surface area contributed by atoms with Gasteiger partial charge >= 0.3 is 12.0 Å². The Labute approximate surface area is 121 Å². The van der Waals surface area contributed by atoms with Crippen LogP contribution in [0.25, 0.3) is 0 Å². The largest absolute Gasteiger partial charge is 0.478 e. The highest BCUT2D eigenvalue weighted by atomic mass is 16.4. The monoisotopic (exact) mass is 288 g/mol. The molecule has 0 spiro atoms. The van der Waals surface area contributed by atoms with Gasteiger partial charge < -0.3 is 20.3 Å². The molecule has 1 aromatic carbocycles. The highest BCUT2D eigenvalue weighted by molar-refractivity contribution is 5.93. The normalized spacial score (nSPS) is 10.2. The van der Waals surface area contributed by atoms with Gasteiger partial charge in [0.2, 0.25) is 0 Å². The van der Waals surface area contributed by atoms with E-state index in [4.69, 9.17) is 5.11 Å². The molecule has 0 aliphatic rings. The number of hydrogen-bond donors (Lipinski definition) is 3. The maximum atomic E-state index is 12.1. The van der Waals surface area contributed by atoms with E-state index in [0.29, 0.717) is 18.1 Å². The second-order valence-corrected chi connectivity index (χ2v) is 4.66. The first-order valence-corrected chi connectivity index (χ1v) is 6.31. The molecule has 0 unspecified atom stereocenters. The maximum Gasteiger partial charge on any atom is 0.335 e. The van der Waals surface area contributed by atoms with Gasteiger partial charge in [-0.2, -0.15) is 0 Å². The number of carbonyl (C=O) groups excluding carboxylic acids is 1. The lowest BCUT2D eigenvalue weighted by atomic mass is 10.1. The number of hydrogen-bond acceptors (Lipinski definition) is 3. The van der Waals surface area contributed by atoms with E-state index in [2.05, 4.69) is 15.3 Å². The molecule has 1 aromatic heterocycles. The molecule has 2 rings (SSSR count). The van der Waals surface area contributed by atoms with E-state index in [9.17, 15) is 9.59 Å². The molecule has 0 bridgehead atoms. The third kappa shape index (κ3) is 3.59. The van der Waals surface area contributed by atoms with Crippen molar-refractivity contribution in [1.29, 1.82) is 0 Å².